The second-order valence-corrected chi connectivity index (χ2v) is 3.15. The number of ether oxygens (including phenoxy) is 1. The molecule has 2 fully saturated rings. The van der Waals surface area contributed by atoms with E-state index < -0.39 is 0 Å². The summed E-state index contributed by atoms with van der Waals surface area (Å²) in [6.07, 6.45) is 4.09. The highest BCUT2D eigenvalue weighted by Gasteiger charge is 2.46. The third-order valence-corrected chi connectivity index (χ3v) is 2.25. The molecule has 1 aliphatic heterocycles. The maximum absolute atomic E-state index is 5.67. The Hall–Kier alpha value is -0.0800. The number of nitrogens with one attached hydrogen (secondary N) is 1. The van der Waals surface area contributed by atoms with Crippen molar-refractivity contribution < 1.29 is 4.74 Å². The highest BCUT2D eigenvalue weighted by molar-refractivity contribution is 4.98. The summed E-state index contributed by atoms with van der Waals surface area (Å²) >= 11 is 0. The fourth-order valence-corrected chi connectivity index (χ4v) is 1.49. The van der Waals surface area contributed by atoms with Crippen LogP contribution < -0.4 is 5.32 Å². The van der Waals surface area contributed by atoms with E-state index in [4.69, 9.17) is 4.74 Å². The summed E-state index contributed by atoms with van der Waals surface area (Å²) in [5, 5.41) is 3.26. The smallest absolute Gasteiger partial charge is 0.106 e. The Labute approximate surface area is 55.6 Å². The molecular formula is C7H13NO. The Morgan fingerprint density at radius 2 is 2.22 bits per heavy atom. The molecule has 0 amide bonds. The summed E-state index contributed by atoms with van der Waals surface area (Å²) in [5.41, 5.74) is 0.338. The Morgan fingerprint density at radius 1 is 1.44 bits per heavy atom. The van der Waals surface area contributed by atoms with E-state index in [1.165, 1.54) is 19.3 Å². The van der Waals surface area contributed by atoms with Crippen molar-refractivity contribution in [1.82, 2.24) is 5.32 Å². The minimum absolute atomic E-state index is 0.293. The quantitative estimate of drug-likeness (QED) is 0.521. The van der Waals surface area contributed by atoms with E-state index in [0.717, 1.165) is 6.54 Å². The third kappa shape index (κ3) is 0.970. The van der Waals surface area contributed by atoms with E-state index in [-0.39, 0.29) is 0 Å². The van der Waals surface area contributed by atoms with Crippen molar-refractivity contribution in [2.45, 2.75) is 38.0 Å². The van der Waals surface area contributed by atoms with E-state index in [9.17, 15) is 0 Å². The molecule has 9 heavy (non-hydrogen) atoms. The van der Waals surface area contributed by atoms with Crippen molar-refractivity contribution in [2.24, 2.45) is 0 Å². The summed E-state index contributed by atoms with van der Waals surface area (Å²) in [6, 6.07) is 0. The maximum atomic E-state index is 5.67. The lowest BCUT2D eigenvalue weighted by atomic mass is 10.2. The molecule has 2 aliphatic rings. The second-order valence-electron chi connectivity index (χ2n) is 3.15. The predicted molar refractivity (Wildman–Crippen MR) is 35.1 cm³/mol. The lowest BCUT2D eigenvalue weighted by Gasteiger charge is -2.28. The van der Waals surface area contributed by atoms with E-state index in [1.54, 1.807) is 0 Å². The molecule has 2 heteroatoms. The summed E-state index contributed by atoms with van der Waals surface area (Å²) in [5.74, 6) is 0. The molecular weight excluding hydrogens is 114 g/mol. The predicted octanol–water partition coefficient (Wildman–Crippen LogP) is 0.875. The Balaban J connectivity index is 1.96. The van der Waals surface area contributed by atoms with Crippen LogP contribution in [0.4, 0.5) is 0 Å². The number of hydrogen-bond acceptors (Lipinski definition) is 2. The van der Waals surface area contributed by atoms with Crippen molar-refractivity contribution in [3.05, 3.63) is 0 Å². The van der Waals surface area contributed by atoms with Crippen molar-refractivity contribution in [1.29, 1.82) is 0 Å². The summed E-state index contributed by atoms with van der Waals surface area (Å²) in [6.45, 7) is 3.22. The van der Waals surface area contributed by atoms with Gasteiger partial charge in [-0.2, -0.15) is 0 Å². The average Bonchev–Trinajstić information content (AvgIpc) is 2.49. The zero-order valence-corrected chi connectivity index (χ0v) is 5.81. The standard InChI is InChI=1S/C7H13NO/c1-6-8-5-4-7(9-6)2-3-7/h6,8H,2-5H2,1H3. The molecule has 0 bridgehead atoms. The maximum Gasteiger partial charge on any atom is 0.106 e. The van der Waals surface area contributed by atoms with Crippen molar-refractivity contribution in [3.63, 3.8) is 0 Å². The molecule has 2 rings (SSSR count). The molecule has 0 aromatic rings. The van der Waals surface area contributed by atoms with Gasteiger partial charge in [-0.05, 0) is 26.2 Å². The fourth-order valence-electron chi connectivity index (χ4n) is 1.49. The highest BCUT2D eigenvalue weighted by Crippen LogP contribution is 2.44. The van der Waals surface area contributed by atoms with Crippen LogP contribution in [-0.4, -0.2) is 18.4 Å². The highest BCUT2D eigenvalue weighted by atomic mass is 16.5. The van der Waals surface area contributed by atoms with Crippen LogP contribution in [0.25, 0.3) is 0 Å². The van der Waals surface area contributed by atoms with Gasteiger partial charge in [-0.25, -0.2) is 0 Å². The molecule has 1 unspecified atom stereocenters. The molecule has 1 saturated heterocycles. The first-order chi connectivity index (χ1) is 4.31. The Bertz CT molecular complexity index is 120. The van der Waals surface area contributed by atoms with Gasteiger partial charge in [0.15, 0.2) is 0 Å². The van der Waals surface area contributed by atoms with Gasteiger partial charge in [0.05, 0.1) is 5.60 Å². The van der Waals surface area contributed by atoms with E-state index in [2.05, 4.69) is 12.2 Å². The van der Waals surface area contributed by atoms with Gasteiger partial charge in [0.25, 0.3) is 0 Å². The van der Waals surface area contributed by atoms with Crippen LogP contribution in [-0.2, 0) is 4.74 Å². The topological polar surface area (TPSA) is 21.3 Å². The average molecular weight is 127 g/mol. The van der Waals surface area contributed by atoms with Gasteiger partial charge >= 0.3 is 0 Å². The zero-order chi connectivity index (χ0) is 6.32. The normalized spacial score (nSPS) is 39.0. The molecule has 0 aromatic heterocycles. The van der Waals surface area contributed by atoms with Crippen LogP contribution in [0, 0.1) is 0 Å². The first kappa shape index (κ1) is 5.69. The van der Waals surface area contributed by atoms with E-state index in [1.807, 2.05) is 0 Å². The number of rotatable bonds is 0. The summed E-state index contributed by atoms with van der Waals surface area (Å²) in [7, 11) is 0. The van der Waals surface area contributed by atoms with Gasteiger partial charge in [-0.15, -0.1) is 0 Å². The SMILES string of the molecule is CC1NCCC2(CC2)O1. The minimum Gasteiger partial charge on any atom is -0.357 e. The van der Waals surface area contributed by atoms with Crippen LogP contribution in [0.1, 0.15) is 26.2 Å². The first-order valence-corrected chi connectivity index (χ1v) is 3.72. The Kier molecular flexibility index (Phi) is 1.08. The molecule has 1 heterocycles. The molecule has 0 aromatic carbocycles. The zero-order valence-electron chi connectivity index (χ0n) is 5.81. The van der Waals surface area contributed by atoms with Crippen molar-refractivity contribution in [2.75, 3.05) is 6.54 Å². The molecule has 52 valence electrons. The molecule has 1 spiro atoms. The second kappa shape index (κ2) is 1.70. The summed E-state index contributed by atoms with van der Waals surface area (Å²) < 4.78 is 5.67. The fraction of sp³-hybridized carbons (Fsp3) is 1.00. The van der Waals surface area contributed by atoms with Crippen molar-refractivity contribution >= 4 is 0 Å². The first-order valence-electron chi connectivity index (χ1n) is 3.72. The van der Waals surface area contributed by atoms with Gasteiger partial charge in [0.1, 0.15) is 6.23 Å². The monoisotopic (exact) mass is 127 g/mol. The van der Waals surface area contributed by atoms with Crippen LogP contribution in [0.5, 0.6) is 0 Å². The van der Waals surface area contributed by atoms with Gasteiger partial charge in [-0.3, -0.25) is 5.32 Å². The van der Waals surface area contributed by atoms with Gasteiger partial charge < -0.3 is 4.74 Å². The van der Waals surface area contributed by atoms with Crippen molar-refractivity contribution in [3.8, 4) is 0 Å². The number of hydrogen-bond donors (Lipinski definition) is 1. The Morgan fingerprint density at radius 3 is 2.67 bits per heavy atom. The molecule has 0 radical (unpaired) electrons. The molecule has 1 aliphatic carbocycles. The van der Waals surface area contributed by atoms with Crippen LogP contribution in [0.2, 0.25) is 0 Å². The van der Waals surface area contributed by atoms with Crippen LogP contribution >= 0.6 is 0 Å². The molecule has 1 N–H and O–H groups in total. The lowest BCUT2D eigenvalue weighted by molar-refractivity contribution is -0.0681. The summed E-state index contributed by atoms with van der Waals surface area (Å²) in [4.78, 5) is 0. The molecule has 1 saturated carbocycles. The van der Waals surface area contributed by atoms with Gasteiger partial charge in [-0.1, -0.05) is 0 Å². The van der Waals surface area contributed by atoms with Crippen LogP contribution in [0.15, 0.2) is 0 Å². The lowest BCUT2D eigenvalue weighted by Crippen LogP contribution is -2.41. The van der Waals surface area contributed by atoms with E-state index in [0.29, 0.717) is 11.8 Å². The molecule has 2 nitrogen and oxygen atoms in total. The third-order valence-electron chi connectivity index (χ3n) is 2.25. The van der Waals surface area contributed by atoms with Crippen LogP contribution in [0.3, 0.4) is 0 Å². The minimum atomic E-state index is 0.293. The largest absolute Gasteiger partial charge is 0.357 e. The molecule has 1 atom stereocenters. The van der Waals surface area contributed by atoms with Gasteiger partial charge in [0.2, 0.25) is 0 Å². The van der Waals surface area contributed by atoms with Gasteiger partial charge in [0, 0.05) is 6.54 Å². The van der Waals surface area contributed by atoms with E-state index >= 15 is 0 Å².